The van der Waals surface area contributed by atoms with Gasteiger partial charge in [0, 0.05) is 79.2 Å². The fourth-order valence-electron chi connectivity index (χ4n) is 10.4. The maximum absolute atomic E-state index is 12.6. The number of carboxylic acids is 1. The van der Waals surface area contributed by atoms with Crippen molar-refractivity contribution in [3.63, 3.8) is 0 Å². The Morgan fingerprint density at radius 2 is 0.788 bits per heavy atom. The molecule has 3 fully saturated rings. The number of nitrogens with one attached hydrogen (secondary N) is 3. The number of benzene rings is 3. The van der Waals surface area contributed by atoms with E-state index >= 15 is 0 Å². The standard InChI is InChI=1S/C25H28N6O8.C21H25N5O6.C16H20N6O3.C4H5NO3.C4H4O3.C2H2/c1-37-12-13-38-24-28-22(26)21-23(29-24)30(25(36)27-21)14-16-4-2-15(3-5-16)6-7-17(32)8-11-20(35)39-31-18(33)9-10-19(31)34;1-31-10-11-32-20-24-18(22)17-19(25-20)26(21(30)23-17)12-14-4-2-13(3-5-14)6-7-15(27)8-9-16(28)29;1-24-6-7-25-15-20-13(18)12-14(21-15)22(16(23)19-12)9-11-4-2-10(8-17)3-5-11;6-3-1-2-4(7)5(3)8;5-3-1-2-4(6)7-3;1-2/h2-5H,6-14H2,1H3,(H,27,36)(H2,26,28,29);2-5H,6-12H2,1H3,(H,23,30)(H,28,29)(H2,22,24,25);2-5H,6-9,17H2,1H3,(H,19,23)(H2,18,20,21);8H,1-2H2;1-2H2;1-2H/i;;;;;1D. The molecule has 3 saturated heterocycles. The Kier molecular flexibility index (Phi) is 32.5. The second-order valence-corrected chi connectivity index (χ2v) is 24.5. The number of carbonyl (C=O) groups excluding carboxylic acids is 9. The topological polar surface area (TPSA) is 586 Å². The molecule has 3 aliphatic heterocycles. The van der Waals surface area contributed by atoms with Crippen LogP contribution in [0.15, 0.2) is 87.2 Å². The Hall–Kier alpha value is -13.4. The monoisotopic (exact) mass is 1570 g/mol. The number of ketones is 2. The molecule has 0 saturated carbocycles. The van der Waals surface area contributed by atoms with Gasteiger partial charge >= 0.3 is 59.0 Å². The SMILES string of the molecule is COCCOc1nc(N)c2[nH]c(=O)n(Cc3ccc(CCC(=O)CCC(=O)O)cc3)c2n1.COCCOc1nc(N)c2[nH]c(=O)n(Cc3ccc(CCC(=O)CCC(=O)ON4C(=O)CCC4=O)cc3)c2n1.COCCOc1nc(N)c2[nH]c(=O)n(Cc3ccc(CN)cc3)c2n1.O=C1CCC(=O)N1O.O=C1CCC(=O)O1.[2H]C#C. The molecule has 12 rings (SSSR count). The van der Waals surface area contributed by atoms with Crippen molar-refractivity contribution in [1.82, 2.24) is 68.7 Å². The fourth-order valence-corrected chi connectivity index (χ4v) is 10.4. The summed E-state index contributed by atoms with van der Waals surface area (Å²) in [7, 11) is 4.66. The number of nitrogen functional groups attached to an aromatic ring is 3. The van der Waals surface area contributed by atoms with Crippen molar-refractivity contribution < 1.29 is 97.6 Å². The number of Topliss-reactive ketones (excluding diaryl/α,β-unsaturated/α-hetero) is 2. The molecule has 0 radical (unpaired) electrons. The van der Waals surface area contributed by atoms with Crippen molar-refractivity contribution in [2.45, 2.75) is 116 Å². The highest BCUT2D eigenvalue weighted by atomic mass is 16.7. The van der Waals surface area contributed by atoms with E-state index in [9.17, 15) is 62.3 Å². The number of imide groups is 2. The number of terminal acetylenes is 1. The highest BCUT2D eigenvalue weighted by Crippen LogP contribution is 2.24. The van der Waals surface area contributed by atoms with Crippen molar-refractivity contribution in [3.05, 3.63) is 138 Å². The third-order valence-electron chi connectivity index (χ3n) is 16.4. The third-order valence-corrected chi connectivity index (χ3v) is 16.4. The number of carboxylic acid groups (broad SMARTS) is 1. The number of imidazole rings is 3. The number of fused-ring (bicyclic) bond motifs is 3. The predicted octanol–water partition coefficient (Wildman–Crippen LogP) is 1.66. The first-order valence-corrected chi connectivity index (χ1v) is 34.7. The summed E-state index contributed by atoms with van der Waals surface area (Å²) < 4.78 is 45.3. The molecule has 13 N–H and O–H groups in total. The minimum absolute atomic E-state index is 0.0105. The number of hydrogen-bond acceptors (Lipinski definition) is 32. The van der Waals surface area contributed by atoms with Crippen LogP contribution in [0.2, 0.25) is 0 Å². The lowest BCUT2D eigenvalue weighted by Crippen LogP contribution is -2.32. The smallest absolute Gasteiger partial charge is 0.333 e. The number of nitrogens with zero attached hydrogens (tertiary/aromatic N) is 11. The summed E-state index contributed by atoms with van der Waals surface area (Å²) in [5.41, 5.74) is 29.9. The van der Waals surface area contributed by atoms with E-state index in [1.54, 1.807) is 21.3 Å². The number of nitrogens with two attached hydrogens (primary N) is 4. The van der Waals surface area contributed by atoms with Gasteiger partial charge in [-0.25, -0.2) is 19.2 Å². The number of rotatable bonds is 32. The maximum atomic E-state index is 12.6. The molecule has 600 valence electrons. The molecule has 0 spiro atoms. The van der Waals surface area contributed by atoms with E-state index in [1.807, 2.05) is 72.8 Å². The first-order chi connectivity index (χ1) is 54.6. The number of aromatic nitrogens is 12. The second kappa shape index (κ2) is 43.1. The summed E-state index contributed by atoms with van der Waals surface area (Å²) in [5, 5.41) is 17.7. The minimum Gasteiger partial charge on any atom is -0.481 e. The van der Waals surface area contributed by atoms with Gasteiger partial charge in [0.1, 0.15) is 49.3 Å². The number of aliphatic carboxylic acids is 1. The number of esters is 2. The Morgan fingerprint density at radius 1 is 0.469 bits per heavy atom. The lowest BCUT2D eigenvalue weighted by Gasteiger charge is -2.12. The largest absolute Gasteiger partial charge is 0.481 e. The Balaban J connectivity index is 0.000000216. The van der Waals surface area contributed by atoms with E-state index in [4.69, 9.17) is 67.9 Å². The van der Waals surface area contributed by atoms with Crippen molar-refractivity contribution in [1.29, 1.82) is 0 Å². The molecule has 41 heteroatoms. The summed E-state index contributed by atoms with van der Waals surface area (Å²) >= 11 is 0. The van der Waals surface area contributed by atoms with Gasteiger partial charge in [-0.05, 0) is 46.2 Å². The van der Waals surface area contributed by atoms with Crippen molar-refractivity contribution in [3.8, 4) is 30.9 Å². The lowest BCUT2D eigenvalue weighted by atomic mass is 10.0. The van der Waals surface area contributed by atoms with Gasteiger partial charge in [0.05, 0.1) is 65.1 Å². The second-order valence-electron chi connectivity index (χ2n) is 24.5. The van der Waals surface area contributed by atoms with Crippen LogP contribution in [-0.2, 0) is 111 Å². The molecule has 4 amide bonds. The van der Waals surface area contributed by atoms with E-state index in [2.05, 4.69) is 56.0 Å². The number of carbonyl (C=O) groups is 10. The van der Waals surface area contributed by atoms with Crippen molar-refractivity contribution in [2.24, 2.45) is 5.73 Å². The van der Waals surface area contributed by atoms with Gasteiger partial charge in [0.15, 0.2) is 34.4 Å². The molecule has 0 bridgehead atoms. The third kappa shape index (κ3) is 25.9. The van der Waals surface area contributed by atoms with Crippen LogP contribution in [0.25, 0.3) is 33.5 Å². The average molecular weight is 1570 g/mol. The molecule has 3 aliphatic rings. The van der Waals surface area contributed by atoms with E-state index < -0.39 is 53.2 Å². The van der Waals surface area contributed by atoms with Crippen molar-refractivity contribution >= 4 is 110 Å². The van der Waals surface area contributed by atoms with Crippen LogP contribution in [0.1, 0.15) is 112 Å². The van der Waals surface area contributed by atoms with Crippen LogP contribution < -0.4 is 54.2 Å². The first-order valence-electron chi connectivity index (χ1n) is 35.2. The summed E-state index contributed by atoms with van der Waals surface area (Å²) in [4.78, 5) is 185. The quantitative estimate of drug-likeness (QED) is 0.00723. The molecule has 0 aliphatic carbocycles. The van der Waals surface area contributed by atoms with Crippen molar-refractivity contribution in [2.75, 3.05) is 78.2 Å². The molecule has 9 heterocycles. The Labute approximate surface area is 642 Å². The molecule has 3 aromatic carbocycles. The maximum Gasteiger partial charge on any atom is 0.333 e. The van der Waals surface area contributed by atoms with Gasteiger partial charge in [0.2, 0.25) is 0 Å². The minimum atomic E-state index is -0.976. The van der Waals surface area contributed by atoms with Gasteiger partial charge in [-0.3, -0.25) is 62.1 Å². The van der Waals surface area contributed by atoms with Crippen LogP contribution >= 0.6 is 0 Å². The molecule has 0 unspecified atom stereocenters. The van der Waals surface area contributed by atoms with Gasteiger partial charge in [0.25, 0.3) is 23.6 Å². The summed E-state index contributed by atoms with van der Waals surface area (Å²) in [5.74, 6) is -4.58. The molecular weight excluding hydrogens is 1480 g/mol. The number of methoxy groups -OCH3 is 3. The number of amides is 4. The Morgan fingerprint density at radius 3 is 1.08 bits per heavy atom. The summed E-state index contributed by atoms with van der Waals surface area (Å²) in [6.07, 6.45) is 7.70. The number of hydrogen-bond donors (Lipinski definition) is 9. The number of aromatic amines is 3. The molecule has 6 aromatic heterocycles. The number of aryl methyl sites for hydroxylation is 2. The predicted molar refractivity (Wildman–Crippen MR) is 397 cm³/mol. The number of H-pyrrole nitrogens is 3. The lowest BCUT2D eigenvalue weighted by molar-refractivity contribution is -0.197. The van der Waals surface area contributed by atoms with Crippen LogP contribution in [-0.4, -0.2) is 199 Å². The van der Waals surface area contributed by atoms with Crippen LogP contribution in [0.4, 0.5) is 17.5 Å². The zero-order valence-electron chi connectivity index (χ0n) is 62.7. The molecule has 113 heavy (non-hydrogen) atoms. The molecule has 9 aromatic rings. The highest BCUT2D eigenvalue weighted by molar-refractivity contribution is 6.02. The van der Waals surface area contributed by atoms with Crippen LogP contribution in [0, 0.1) is 12.8 Å². The normalized spacial score (nSPS) is 12.9. The Bertz CT molecular complexity index is 5080. The van der Waals surface area contributed by atoms with E-state index in [-0.39, 0.29) is 173 Å². The van der Waals surface area contributed by atoms with E-state index in [0.29, 0.717) is 84.3 Å². The zero-order chi connectivity index (χ0) is 83.0. The van der Waals surface area contributed by atoms with Crippen LogP contribution in [0.5, 0.6) is 18.0 Å². The van der Waals surface area contributed by atoms with Gasteiger partial charge in [-0.2, -0.15) is 35.0 Å². The number of cyclic esters (lactones) is 2. The number of ether oxygens (including phenoxy) is 7. The van der Waals surface area contributed by atoms with Gasteiger partial charge in [-0.1, -0.05) is 72.8 Å². The fraction of sp³-hybridized carbons (Fsp3) is 0.375. The summed E-state index contributed by atoms with van der Waals surface area (Å²) in [6.45, 7) is 3.15. The average Bonchev–Trinajstić information content (AvgIpc) is 1.64. The molecule has 41 nitrogen and oxygen atoms in total. The summed E-state index contributed by atoms with van der Waals surface area (Å²) in [6, 6.07) is 22.8. The van der Waals surface area contributed by atoms with E-state index in [0.717, 1.165) is 33.4 Å². The van der Waals surface area contributed by atoms with Gasteiger partial charge < -0.3 is 81.0 Å². The highest BCUT2D eigenvalue weighted by Gasteiger charge is 2.33. The van der Waals surface area contributed by atoms with E-state index in [1.165, 1.54) is 20.1 Å². The van der Waals surface area contributed by atoms with Crippen LogP contribution in [0.3, 0.4) is 0 Å². The number of hydroxylamine groups is 4. The number of anilines is 3. The molecule has 0 atom stereocenters. The van der Waals surface area contributed by atoms with Gasteiger partial charge in [-0.15, -0.1) is 17.9 Å². The zero-order valence-corrected chi connectivity index (χ0v) is 61.7. The molecular formula is C72H84N18O23. The first kappa shape index (κ1) is 85.2.